The lowest BCUT2D eigenvalue weighted by atomic mass is 9.79. The summed E-state index contributed by atoms with van der Waals surface area (Å²) in [4.78, 5) is 12.0. The van der Waals surface area contributed by atoms with Crippen LogP contribution in [0, 0.1) is 17.2 Å². The summed E-state index contributed by atoms with van der Waals surface area (Å²) in [7, 11) is 0. The molecule has 190 valence electrons. The van der Waals surface area contributed by atoms with Crippen molar-refractivity contribution in [1.29, 1.82) is 5.26 Å². The minimum Gasteiger partial charge on any atom is -0.460 e. The average molecular weight is 482 g/mol. The van der Waals surface area contributed by atoms with Crippen molar-refractivity contribution >= 4 is 11.5 Å². The van der Waals surface area contributed by atoms with Gasteiger partial charge in [-0.3, -0.25) is 0 Å². The first-order valence-electron chi connectivity index (χ1n) is 13.4. The number of rotatable bonds is 12. The van der Waals surface area contributed by atoms with Crippen molar-refractivity contribution < 1.29 is 18.7 Å². The summed E-state index contributed by atoms with van der Waals surface area (Å²) >= 11 is 0. The highest BCUT2D eigenvalue weighted by atomic mass is 19.1. The van der Waals surface area contributed by atoms with E-state index in [1.54, 1.807) is 0 Å². The molecule has 4 nitrogen and oxygen atoms in total. The van der Waals surface area contributed by atoms with Crippen molar-refractivity contribution in [3.63, 3.8) is 0 Å². The molecular formula is C30H40FNO3. The number of esters is 1. The number of unbranched alkanes of at least 4 members (excludes halogenated alkanes) is 1. The fraction of sp³-hybridized carbons (Fsp3) is 0.600. The van der Waals surface area contributed by atoms with Crippen molar-refractivity contribution in [3.8, 4) is 6.07 Å². The van der Waals surface area contributed by atoms with Gasteiger partial charge in [0.25, 0.3) is 0 Å². The van der Waals surface area contributed by atoms with Crippen LogP contribution in [0.1, 0.15) is 95.6 Å². The third-order valence-corrected chi connectivity index (χ3v) is 7.27. The van der Waals surface area contributed by atoms with Gasteiger partial charge in [0.05, 0.1) is 17.2 Å². The Balaban J connectivity index is 1.51. The highest BCUT2D eigenvalue weighted by Crippen LogP contribution is 2.37. The Labute approximate surface area is 210 Å². The van der Waals surface area contributed by atoms with Gasteiger partial charge in [0, 0.05) is 6.61 Å². The number of hydrogen-bond acceptors (Lipinski definition) is 4. The van der Waals surface area contributed by atoms with Crippen LogP contribution >= 0.6 is 0 Å². The average Bonchev–Trinajstić information content (AvgIpc) is 2.90. The van der Waals surface area contributed by atoms with E-state index in [0.717, 1.165) is 75.5 Å². The lowest BCUT2D eigenvalue weighted by molar-refractivity contribution is -0.157. The first kappa shape index (κ1) is 27.1. The fourth-order valence-corrected chi connectivity index (χ4v) is 5.04. The minimum atomic E-state index is -1.48. The summed E-state index contributed by atoms with van der Waals surface area (Å²) in [5.74, 6) is -0.108. The molecule has 0 bridgehead atoms. The summed E-state index contributed by atoms with van der Waals surface area (Å²) in [6, 6.07) is 9.92. The lowest BCUT2D eigenvalue weighted by Gasteiger charge is -2.35. The van der Waals surface area contributed by atoms with Gasteiger partial charge in [-0.25, -0.2) is 9.18 Å². The number of halogens is 1. The molecule has 2 aliphatic carbocycles. The van der Waals surface area contributed by atoms with E-state index in [-0.39, 0.29) is 18.1 Å². The zero-order valence-corrected chi connectivity index (χ0v) is 21.3. The Morgan fingerprint density at radius 2 is 2.03 bits per heavy atom. The SMILES string of the molecule is CCCC[C@H](F)C(=O)OC1CCC(CCC2(OCCC)C=CC(c3cccc(C#N)c3)=CC2)CC1. The maximum absolute atomic E-state index is 13.9. The quantitative estimate of drug-likeness (QED) is 0.290. The van der Waals surface area contributed by atoms with E-state index < -0.39 is 12.1 Å². The molecule has 35 heavy (non-hydrogen) atoms. The molecule has 2 aliphatic rings. The van der Waals surface area contributed by atoms with Crippen LogP contribution in [0.15, 0.2) is 42.5 Å². The normalized spacial score (nSPS) is 24.9. The topological polar surface area (TPSA) is 59.3 Å². The molecule has 0 aromatic heterocycles. The molecule has 1 saturated carbocycles. The smallest absolute Gasteiger partial charge is 0.340 e. The molecule has 0 N–H and O–H groups in total. The van der Waals surface area contributed by atoms with Gasteiger partial charge < -0.3 is 9.47 Å². The Morgan fingerprint density at radius 3 is 2.69 bits per heavy atom. The predicted molar refractivity (Wildman–Crippen MR) is 137 cm³/mol. The molecule has 0 saturated heterocycles. The first-order valence-corrected chi connectivity index (χ1v) is 13.4. The van der Waals surface area contributed by atoms with Gasteiger partial charge in [-0.05, 0) is 87.0 Å². The van der Waals surface area contributed by atoms with Crippen molar-refractivity contribution in [3.05, 3.63) is 53.6 Å². The van der Waals surface area contributed by atoms with E-state index in [1.807, 2.05) is 31.2 Å². The van der Waals surface area contributed by atoms with Crippen LogP contribution in [-0.4, -0.2) is 30.5 Å². The second kappa shape index (κ2) is 13.6. The standard InChI is InChI=1S/C30H40FNO3/c1-3-5-9-28(31)29(33)35-27-12-10-23(11-13-27)14-17-30(34-20-4-2)18-15-25(16-19-30)26-8-6-7-24(21-26)22-32/h6-8,15-16,18,21,23,27-28H,3-5,9-14,17,19-20H2,1-2H3/t23?,27?,28-,30?/m0/s1. The molecule has 2 atom stereocenters. The minimum absolute atomic E-state index is 0.145. The third kappa shape index (κ3) is 8.04. The number of nitriles is 1. The predicted octanol–water partition coefficient (Wildman–Crippen LogP) is 7.48. The Kier molecular flexibility index (Phi) is 10.5. The second-order valence-corrected chi connectivity index (χ2v) is 10.0. The molecule has 5 heteroatoms. The molecule has 1 unspecified atom stereocenters. The van der Waals surface area contributed by atoms with Crippen LogP contribution < -0.4 is 0 Å². The highest BCUT2D eigenvalue weighted by molar-refractivity contribution is 5.76. The fourth-order valence-electron chi connectivity index (χ4n) is 5.04. The monoisotopic (exact) mass is 481 g/mol. The van der Waals surface area contributed by atoms with E-state index in [1.165, 1.54) is 0 Å². The molecule has 0 spiro atoms. The zero-order chi connectivity index (χ0) is 25.1. The van der Waals surface area contributed by atoms with E-state index in [9.17, 15) is 14.4 Å². The zero-order valence-electron chi connectivity index (χ0n) is 21.3. The van der Waals surface area contributed by atoms with E-state index in [0.29, 0.717) is 17.9 Å². The maximum Gasteiger partial charge on any atom is 0.340 e. The summed E-state index contributed by atoms with van der Waals surface area (Å²) in [5.41, 5.74) is 2.56. The van der Waals surface area contributed by atoms with Crippen LogP contribution in [-0.2, 0) is 14.3 Å². The van der Waals surface area contributed by atoms with Gasteiger partial charge in [-0.15, -0.1) is 0 Å². The number of allylic oxidation sites excluding steroid dienone is 2. The molecular weight excluding hydrogens is 441 g/mol. The molecule has 0 aliphatic heterocycles. The lowest BCUT2D eigenvalue weighted by Crippen LogP contribution is -2.33. The summed E-state index contributed by atoms with van der Waals surface area (Å²) in [5, 5.41) is 9.20. The largest absolute Gasteiger partial charge is 0.460 e. The highest BCUT2D eigenvalue weighted by Gasteiger charge is 2.32. The first-order chi connectivity index (χ1) is 17.0. The van der Waals surface area contributed by atoms with Gasteiger partial charge in [-0.2, -0.15) is 5.26 Å². The van der Waals surface area contributed by atoms with Crippen LogP contribution in [0.4, 0.5) is 4.39 Å². The number of ether oxygens (including phenoxy) is 2. The second-order valence-electron chi connectivity index (χ2n) is 10.0. The van der Waals surface area contributed by atoms with Crippen molar-refractivity contribution in [1.82, 2.24) is 0 Å². The van der Waals surface area contributed by atoms with Gasteiger partial charge in [0.2, 0.25) is 0 Å². The van der Waals surface area contributed by atoms with Gasteiger partial charge >= 0.3 is 5.97 Å². The van der Waals surface area contributed by atoms with E-state index in [2.05, 4.69) is 31.2 Å². The Morgan fingerprint density at radius 1 is 1.23 bits per heavy atom. The van der Waals surface area contributed by atoms with Gasteiger partial charge in [-0.1, -0.05) is 57.0 Å². The van der Waals surface area contributed by atoms with Gasteiger partial charge in [0.15, 0.2) is 6.17 Å². The van der Waals surface area contributed by atoms with Gasteiger partial charge in [0.1, 0.15) is 6.10 Å². The number of alkyl halides is 1. The molecule has 3 rings (SSSR count). The van der Waals surface area contributed by atoms with Crippen LogP contribution in [0.3, 0.4) is 0 Å². The summed E-state index contributed by atoms with van der Waals surface area (Å²) < 4.78 is 25.8. The molecule has 1 aromatic rings. The van der Waals surface area contributed by atoms with E-state index >= 15 is 0 Å². The summed E-state index contributed by atoms with van der Waals surface area (Å²) in [6.45, 7) is 4.84. The van der Waals surface area contributed by atoms with E-state index in [4.69, 9.17) is 9.47 Å². The molecule has 1 fully saturated rings. The number of benzene rings is 1. The molecule has 0 amide bonds. The number of carbonyl (C=O) groups excluding carboxylic acids is 1. The Hall–Kier alpha value is -2.45. The molecule has 0 radical (unpaired) electrons. The number of carbonyl (C=O) groups is 1. The van der Waals surface area contributed by atoms with Crippen molar-refractivity contribution in [2.24, 2.45) is 5.92 Å². The van der Waals surface area contributed by atoms with Crippen LogP contribution in [0.25, 0.3) is 5.57 Å². The van der Waals surface area contributed by atoms with Crippen LogP contribution in [0.5, 0.6) is 0 Å². The molecule has 0 heterocycles. The maximum atomic E-state index is 13.9. The number of nitrogens with zero attached hydrogens (tertiary/aromatic N) is 1. The summed E-state index contributed by atoms with van der Waals surface area (Å²) in [6.07, 6.45) is 14.2. The van der Waals surface area contributed by atoms with Crippen molar-refractivity contribution in [2.45, 2.75) is 102 Å². The third-order valence-electron chi connectivity index (χ3n) is 7.27. The number of hydrogen-bond donors (Lipinski definition) is 0. The van der Waals surface area contributed by atoms with Crippen molar-refractivity contribution in [2.75, 3.05) is 6.61 Å². The van der Waals surface area contributed by atoms with Crippen LogP contribution in [0.2, 0.25) is 0 Å². The molecule has 1 aromatic carbocycles. The Bertz CT molecular complexity index is 926.